The highest BCUT2D eigenvalue weighted by atomic mass is 16.5. The molecule has 3 rings (SSSR count). The quantitative estimate of drug-likeness (QED) is 0.750. The summed E-state index contributed by atoms with van der Waals surface area (Å²) < 4.78 is 5.35. The van der Waals surface area contributed by atoms with E-state index >= 15 is 0 Å². The Balaban J connectivity index is 1.37. The van der Waals surface area contributed by atoms with Crippen LogP contribution in [0.2, 0.25) is 0 Å². The van der Waals surface area contributed by atoms with Gasteiger partial charge in [0, 0.05) is 45.7 Å². The van der Waals surface area contributed by atoms with Gasteiger partial charge in [0.15, 0.2) is 0 Å². The van der Waals surface area contributed by atoms with Gasteiger partial charge in [-0.3, -0.25) is 14.5 Å². The molecule has 2 saturated heterocycles. The van der Waals surface area contributed by atoms with Crippen LogP contribution in [0, 0.1) is 5.92 Å². The number of ether oxygens (including phenoxy) is 1. The second kappa shape index (κ2) is 9.85. The zero-order valence-electron chi connectivity index (χ0n) is 16.2. The third kappa shape index (κ3) is 5.78. The van der Waals surface area contributed by atoms with Gasteiger partial charge in [-0.15, -0.1) is 0 Å². The molecule has 2 atom stereocenters. The van der Waals surface area contributed by atoms with Gasteiger partial charge < -0.3 is 15.0 Å². The Morgan fingerprint density at radius 2 is 1.96 bits per heavy atom. The molecule has 2 heterocycles. The van der Waals surface area contributed by atoms with E-state index in [4.69, 9.17) is 4.74 Å². The van der Waals surface area contributed by atoms with Crippen molar-refractivity contribution in [2.24, 2.45) is 5.92 Å². The standard InChI is InChI=1S/C21H31N3O3/c1-17(18-5-3-2-4-6-18)7-8-22-21(26)19-15-20(25)24(16-19)10-9-23-11-13-27-14-12-23/h2-6,17,19H,7-16H2,1H3,(H,22,26)/t17-,19+/m1/s1. The van der Waals surface area contributed by atoms with Crippen LogP contribution in [0.25, 0.3) is 0 Å². The van der Waals surface area contributed by atoms with Gasteiger partial charge in [0.2, 0.25) is 11.8 Å². The molecule has 0 radical (unpaired) electrons. The molecule has 0 saturated carbocycles. The van der Waals surface area contributed by atoms with Gasteiger partial charge in [0.05, 0.1) is 19.1 Å². The minimum absolute atomic E-state index is 0.0116. The van der Waals surface area contributed by atoms with Gasteiger partial charge in [0.25, 0.3) is 0 Å². The Morgan fingerprint density at radius 3 is 2.70 bits per heavy atom. The largest absolute Gasteiger partial charge is 0.379 e. The first-order valence-corrected chi connectivity index (χ1v) is 10.0. The number of likely N-dealkylation sites (tertiary alicyclic amines) is 1. The van der Waals surface area contributed by atoms with Gasteiger partial charge in [-0.25, -0.2) is 0 Å². The molecule has 0 unspecified atom stereocenters. The Kier molecular flexibility index (Phi) is 7.24. The van der Waals surface area contributed by atoms with E-state index in [1.807, 2.05) is 23.1 Å². The Bertz CT molecular complexity index is 616. The summed E-state index contributed by atoms with van der Waals surface area (Å²) in [5, 5.41) is 3.03. The van der Waals surface area contributed by atoms with Crippen LogP contribution < -0.4 is 5.32 Å². The van der Waals surface area contributed by atoms with Crippen LogP contribution in [0.15, 0.2) is 30.3 Å². The Labute approximate surface area is 161 Å². The van der Waals surface area contributed by atoms with Crippen LogP contribution in [0.1, 0.15) is 31.2 Å². The second-order valence-electron chi connectivity index (χ2n) is 7.59. The number of carbonyl (C=O) groups is 2. The molecule has 2 aliphatic rings. The lowest BCUT2D eigenvalue weighted by Crippen LogP contribution is -2.42. The lowest BCUT2D eigenvalue weighted by Gasteiger charge is -2.28. The van der Waals surface area contributed by atoms with Crippen molar-refractivity contribution in [3.05, 3.63) is 35.9 Å². The number of nitrogens with zero attached hydrogens (tertiary/aromatic N) is 2. The van der Waals surface area contributed by atoms with Crippen LogP contribution in [0.4, 0.5) is 0 Å². The highest BCUT2D eigenvalue weighted by Gasteiger charge is 2.34. The predicted octanol–water partition coefficient (Wildman–Crippen LogP) is 1.48. The van der Waals surface area contributed by atoms with Crippen molar-refractivity contribution in [1.82, 2.24) is 15.1 Å². The van der Waals surface area contributed by atoms with E-state index in [-0.39, 0.29) is 17.7 Å². The maximum Gasteiger partial charge on any atom is 0.225 e. The molecule has 0 aromatic heterocycles. The first-order valence-electron chi connectivity index (χ1n) is 10.0. The lowest BCUT2D eigenvalue weighted by molar-refractivity contribution is -0.129. The van der Waals surface area contributed by atoms with Crippen molar-refractivity contribution in [1.29, 1.82) is 0 Å². The number of hydrogen-bond acceptors (Lipinski definition) is 4. The van der Waals surface area contributed by atoms with E-state index in [1.165, 1.54) is 5.56 Å². The third-order valence-electron chi connectivity index (χ3n) is 5.62. The number of benzene rings is 1. The van der Waals surface area contributed by atoms with E-state index in [1.54, 1.807) is 0 Å². The zero-order chi connectivity index (χ0) is 19.1. The molecule has 2 aliphatic heterocycles. The monoisotopic (exact) mass is 373 g/mol. The first kappa shape index (κ1) is 19.8. The second-order valence-corrected chi connectivity index (χ2v) is 7.59. The summed E-state index contributed by atoms with van der Waals surface area (Å²) in [4.78, 5) is 28.8. The van der Waals surface area contributed by atoms with Crippen LogP contribution in [-0.2, 0) is 14.3 Å². The summed E-state index contributed by atoms with van der Waals surface area (Å²) in [6.45, 7) is 8.30. The SMILES string of the molecule is C[C@H](CCNC(=O)[C@H]1CC(=O)N(CCN2CCOCC2)C1)c1ccccc1. The predicted molar refractivity (Wildman–Crippen MR) is 104 cm³/mol. The molecule has 2 amide bonds. The molecule has 0 aliphatic carbocycles. The summed E-state index contributed by atoms with van der Waals surface area (Å²) >= 11 is 0. The molecule has 0 bridgehead atoms. The molecule has 2 fully saturated rings. The smallest absolute Gasteiger partial charge is 0.225 e. The number of rotatable bonds is 8. The van der Waals surface area contributed by atoms with E-state index in [2.05, 4.69) is 29.3 Å². The fraction of sp³-hybridized carbons (Fsp3) is 0.619. The summed E-state index contributed by atoms with van der Waals surface area (Å²) in [6, 6.07) is 10.3. The van der Waals surface area contributed by atoms with Crippen molar-refractivity contribution in [2.45, 2.75) is 25.7 Å². The topological polar surface area (TPSA) is 61.9 Å². The molecule has 1 N–H and O–H groups in total. The average molecular weight is 373 g/mol. The summed E-state index contributed by atoms with van der Waals surface area (Å²) in [7, 11) is 0. The lowest BCUT2D eigenvalue weighted by atomic mass is 9.98. The van der Waals surface area contributed by atoms with Crippen molar-refractivity contribution in [3.8, 4) is 0 Å². The van der Waals surface area contributed by atoms with Crippen molar-refractivity contribution in [2.75, 3.05) is 52.5 Å². The van der Waals surface area contributed by atoms with Gasteiger partial charge in [-0.2, -0.15) is 0 Å². The minimum atomic E-state index is -0.214. The van der Waals surface area contributed by atoms with Crippen molar-refractivity contribution < 1.29 is 14.3 Å². The summed E-state index contributed by atoms with van der Waals surface area (Å²) in [5.41, 5.74) is 1.29. The number of hydrogen-bond donors (Lipinski definition) is 1. The number of morpholine rings is 1. The fourth-order valence-electron chi connectivity index (χ4n) is 3.76. The summed E-state index contributed by atoms with van der Waals surface area (Å²) in [6.07, 6.45) is 1.24. The number of nitrogens with one attached hydrogen (secondary N) is 1. The van der Waals surface area contributed by atoms with Gasteiger partial charge in [-0.05, 0) is 17.9 Å². The molecular weight excluding hydrogens is 342 g/mol. The Morgan fingerprint density at radius 1 is 1.22 bits per heavy atom. The van der Waals surface area contributed by atoms with E-state index in [9.17, 15) is 9.59 Å². The molecule has 6 heteroatoms. The number of amides is 2. The van der Waals surface area contributed by atoms with E-state index < -0.39 is 0 Å². The molecule has 1 aromatic carbocycles. The van der Waals surface area contributed by atoms with Crippen molar-refractivity contribution >= 4 is 11.8 Å². The average Bonchev–Trinajstić information content (AvgIpc) is 3.08. The van der Waals surface area contributed by atoms with Gasteiger partial charge in [0.1, 0.15) is 0 Å². The number of carbonyl (C=O) groups excluding carboxylic acids is 2. The maximum absolute atomic E-state index is 12.4. The molecule has 6 nitrogen and oxygen atoms in total. The normalized spacial score (nSPS) is 22.0. The van der Waals surface area contributed by atoms with Crippen LogP contribution in [0.5, 0.6) is 0 Å². The molecule has 1 aromatic rings. The minimum Gasteiger partial charge on any atom is -0.379 e. The van der Waals surface area contributed by atoms with E-state index in [0.717, 1.165) is 39.3 Å². The molecular formula is C21H31N3O3. The zero-order valence-corrected chi connectivity index (χ0v) is 16.2. The Hall–Kier alpha value is -1.92. The highest BCUT2D eigenvalue weighted by Crippen LogP contribution is 2.20. The molecule has 148 valence electrons. The van der Waals surface area contributed by atoms with Gasteiger partial charge >= 0.3 is 0 Å². The van der Waals surface area contributed by atoms with Crippen molar-refractivity contribution in [3.63, 3.8) is 0 Å². The van der Waals surface area contributed by atoms with Crippen LogP contribution in [-0.4, -0.2) is 74.1 Å². The first-order chi connectivity index (χ1) is 13.1. The highest BCUT2D eigenvalue weighted by molar-refractivity contribution is 5.89. The summed E-state index contributed by atoms with van der Waals surface area (Å²) in [5.74, 6) is 0.300. The van der Waals surface area contributed by atoms with Gasteiger partial charge in [-0.1, -0.05) is 37.3 Å². The fourth-order valence-corrected chi connectivity index (χ4v) is 3.76. The van der Waals surface area contributed by atoms with Crippen LogP contribution >= 0.6 is 0 Å². The molecule has 27 heavy (non-hydrogen) atoms. The third-order valence-corrected chi connectivity index (χ3v) is 5.62. The van der Waals surface area contributed by atoms with E-state index in [0.29, 0.717) is 32.0 Å². The van der Waals surface area contributed by atoms with Crippen LogP contribution in [0.3, 0.4) is 0 Å². The molecule has 0 spiro atoms. The maximum atomic E-state index is 12.4.